The average Bonchev–Trinajstić information content (AvgIpc) is 2.48. The van der Waals surface area contributed by atoms with Crippen molar-refractivity contribution in [1.82, 2.24) is 0 Å². The zero-order valence-electron chi connectivity index (χ0n) is 12.7. The Balaban J connectivity index is 2.17. The van der Waals surface area contributed by atoms with Gasteiger partial charge in [-0.3, -0.25) is 4.79 Å². The highest BCUT2D eigenvalue weighted by Gasteiger charge is 2.42. The zero-order valence-corrected chi connectivity index (χ0v) is 12.7. The maximum atomic E-state index is 11.9. The van der Waals surface area contributed by atoms with E-state index in [2.05, 4.69) is 38.1 Å². The standard InChI is InChI=1S/C18H26O2/c1-3-14-7-9-16(10-8-14)13-18(17(19)20)11-5-6-15(4-2)12-18/h7-10,15H,3-6,11-13H2,1-2H3,(H,19,20). The Hall–Kier alpha value is -1.31. The van der Waals surface area contributed by atoms with Gasteiger partial charge in [-0.1, -0.05) is 57.4 Å². The summed E-state index contributed by atoms with van der Waals surface area (Å²) in [5, 5.41) is 9.76. The van der Waals surface area contributed by atoms with Crippen molar-refractivity contribution in [3.8, 4) is 0 Å². The van der Waals surface area contributed by atoms with Crippen molar-refractivity contribution in [1.29, 1.82) is 0 Å². The fourth-order valence-corrected chi connectivity index (χ4v) is 3.55. The van der Waals surface area contributed by atoms with E-state index >= 15 is 0 Å². The van der Waals surface area contributed by atoms with Crippen LogP contribution in [0.5, 0.6) is 0 Å². The van der Waals surface area contributed by atoms with Crippen LogP contribution in [0, 0.1) is 11.3 Å². The van der Waals surface area contributed by atoms with Gasteiger partial charge in [-0.15, -0.1) is 0 Å². The van der Waals surface area contributed by atoms with Gasteiger partial charge >= 0.3 is 5.97 Å². The van der Waals surface area contributed by atoms with Crippen LogP contribution < -0.4 is 0 Å². The minimum absolute atomic E-state index is 0.535. The molecular formula is C18H26O2. The van der Waals surface area contributed by atoms with E-state index in [4.69, 9.17) is 0 Å². The SMILES string of the molecule is CCc1ccc(CC2(C(=O)O)CCCC(CC)C2)cc1. The molecule has 1 aliphatic carbocycles. The number of aliphatic carboxylic acids is 1. The first-order valence-electron chi connectivity index (χ1n) is 7.91. The van der Waals surface area contributed by atoms with Gasteiger partial charge in [0.15, 0.2) is 0 Å². The number of hydrogen-bond donors (Lipinski definition) is 1. The molecule has 0 bridgehead atoms. The summed E-state index contributed by atoms with van der Waals surface area (Å²) >= 11 is 0. The van der Waals surface area contributed by atoms with Gasteiger partial charge in [0, 0.05) is 0 Å². The molecule has 0 heterocycles. The lowest BCUT2D eigenvalue weighted by Crippen LogP contribution is -2.38. The van der Waals surface area contributed by atoms with E-state index in [1.807, 2.05) is 0 Å². The van der Waals surface area contributed by atoms with Gasteiger partial charge in [0.25, 0.3) is 0 Å². The highest BCUT2D eigenvalue weighted by molar-refractivity contribution is 5.75. The second kappa shape index (κ2) is 6.43. The van der Waals surface area contributed by atoms with Gasteiger partial charge in [-0.25, -0.2) is 0 Å². The van der Waals surface area contributed by atoms with Crippen molar-refractivity contribution >= 4 is 5.97 Å². The lowest BCUT2D eigenvalue weighted by Gasteiger charge is -2.37. The summed E-state index contributed by atoms with van der Waals surface area (Å²) in [6.45, 7) is 4.32. The summed E-state index contributed by atoms with van der Waals surface area (Å²) in [5.41, 5.74) is 1.95. The molecule has 0 aromatic heterocycles. The number of hydrogen-bond acceptors (Lipinski definition) is 1. The number of carboxylic acids is 1. The minimum atomic E-state index is -0.602. The third-order valence-electron chi connectivity index (χ3n) is 4.95. The fourth-order valence-electron chi connectivity index (χ4n) is 3.55. The van der Waals surface area contributed by atoms with Crippen LogP contribution in [-0.2, 0) is 17.6 Å². The molecule has 0 amide bonds. The molecule has 0 aliphatic heterocycles. The Morgan fingerprint density at radius 2 is 1.90 bits per heavy atom. The number of carbonyl (C=O) groups is 1. The third-order valence-corrected chi connectivity index (χ3v) is 4.95. The van der Waals surface area contributed by atoms with Crippen LogP contribution in [-0.4, -0.2) is 11.1 Å². The van der Waals surface area contributed by atoms with Crippen LogP contribution in [0.3, 0.4) is 0 Å². The summed E-state index contributed by atoms with van der Waals surface area (Å²) in [6.07, 6.45) is 6.73. The first-order chi connectivity index (χ1) is 9.59. The van der Waals surface area contributed by atoms with E-state index in [9.17, 15) is 9.90 Å². The van der Waals surface area contributed by atoms with Crippen molar-refractivity contribution in [3.63, 3.8) is 0 Å². The van der Waals surface area contributed by atoms with Crippen molar-refractivity contribution in [2.45, 2.75) is 58.8 Å². The number of rotatable bonds is 5. The van der Waals surface area contributed by atoms with Crippen LogP contribution in [0.1, 0.15) is 57.1 Å². The van der Waals surface area contributed by atoms with E-state index in [1.165, 1.54) is 17.5 Å². The molecule has 1 saturated carbocycles. The maximum Gasteiger partial charge on any atom is 0.309 e. The second-order valence-corrected chi connectivity index (χ2v) is 6.30. The molecule has 0 spiro atoms. The zero-order chi connectivity index (χ0) is 14.6. The normalized spacial score (nSPS) is 26.4. The minimum Gasteiger partial charge on any atom is -0.481 e. The molecule has 1 aliphatic rings. The molecule has 110 valence electrons. The Morgan fingerprint density at radius 3 is 2.45 bits per heavy atom. The third kappa shape index (κ3) is 3.23. The summed E-state index contributed by atoms with van der Waals surface area (Å²) < 4.78 is 0. The molecule has 2 heteroatoms. The molecule has 1 aromatic carbocycles. The predicted octanol–water partition coefficient (Wildman–Crippen LogP) is 4.46. The van der Waals surface area contributed by atoms with Crippen molar-refractivity contribution < 1.29 is 9.90 Å². The molecule has 2 unspecified atom stereocenters. The van der Waals surface area contributed by atoms with Gasteiger partial charge in [-0.05, 0) is 42.7 Å². The summed E-state index contributed by atoms with van der Waals surface area (Å²) in [7, 11) is 0. The van der Waals surface area contributed by atoms with Crippen molar-refractivity contribution in [2.24, 2.45) is 11.3 Å². The molecular weight excluding hydrogens is 248 g/mol. The second-order valence-electron chi connectivity index (χ2n) is 6.30. The largest absolute Gasteiger partial charge is 0.481 e. The first kappa shape index (κ1) is 15.1. The van der Waals surface area contributed by atoms with Crippen molar-refractivity contribution in [3.05, 3.63) is 35.4 Å². The number of aryl methyl sites for hydroxylation is 1. The molecule has 2 atom stereocenters. The molecule has 2 nitrogen and oxygen atoms in total. The lowest BCUT2D eigenvalue weighted by molar-refractivity contribution is -0.152. The quantitative estimate of drug-likeness (QED) is 0.860. The smallest absolute Gasteiger partial charge is 0.309 e. The lowest BCUT2D eigenvalue weighted by atomic mass is 9.66. The summed E-state index contributed by atoms with van der Waals surface area (Å²) in [6, 6.07) is 8.48. The Labute approximate surface area is 122 Å². The van der Waals surface area contributed by atoms with E-state index in [1.54, 1.807) is 0 Å². The molecule has 0 saturated heterocycles. The number of benzene rings is 1. The molecule has 1 aromatic rings. The van der Waals surface area contributed by atoms with Crippen LogP contribution in [0.25, 0.3) is 0 Å². The highest BCUT2D eigenvalue weighted by atomic mass is 16.4. The van der Waals surface area contributed by atoms with Crippen LogP contribution in [0.15, 0.2) is 24.3 Å². The topological polar surface area (TPSA) is 37.3 Å². The average molecular weight is 274 g/mol. The molecule has 1 fully saturated rings. The van der Waals surface area contributed by atoms with Crippen LogP contribution >= 0.6 is 0 Å². The number of carboxylic acid groups (broad SMARTS) is 1. The Kier molecular flexibility index (Phi) is 4.85. The summed E-state index contributed by atoms with van der Waals surface area (Å²) in [4.78, 5) is 11.9. The predicted molar refractivity (Wildman–Crippen MR) is 81.8 cm³/mol. The van der Waals surface area contributed by atoms with Gasteiger partial charge in [0.05, 0.1) is 5.41 Å². The van der Waals surface area contributed by atoms with Gasteiger partial charge < -0.3 is 5.11 Å². The monoisotopic (exact) mass is 274 g/mol. The van der Waals surface area contributed by atoms with E-state index in [-0.39, 0.29) is 0 Å². The highest BCUT2D eigenvalue weighted by Crippen LogP contribution is 2.43. The van der Waals surface area contributed by atoms with Gasteiger partial charge in [0.2, 0.25) is 0 Å². The molecule has 0 radical (unpaired) electrons. The van der Waals surface area contributed by atoms with Gasteiger partial charge in [-0.2, -0.15) is 0 Å². The molecule has 1 N–H and O–H groups in total. The van der Waals surface area contributed by atoms with Gasteiger partial charge in [0.1, 0.15) is 0 Å². The fraction of sp³-hybridized carbons (Fsp3) is 0.611. The van der Waals surface area contributed by atoms with Crippen molar-refractivity contribution in [2.75, 3.05) is 0 Å². The molecule has 20 heavy (non-hydrogen) atoms. The van der Waals surface area contributed by atoms with E-state index in [0.29, 0.717) is 12.3 Å². The van der Waals surface area contributed by atoms with E-state index < -0.39 is 11.4 Å². The Bertz CT molecular complexity index is 449. The first-order valence-corrected chi connectivity index (χ1v) is 7.91. The molecule has 2 rings (SSSR count). The Morgan fingerprint density at radius 1 is 1.25 bits per heavy atom. The van der Waals surface area contributed by atoms with Crippen LogP contribution in [0.4, 0.5) is 0 Å². The van der Waals surface area contributed by atoms with E-state index in [0.717, 1.165) is 32.1 Å². The maximum absolute atomic E-state index is 11.9. The van der Waals surface area contributed by atoms with Crippen LogP contribution in [0.2, 0.25) is 0 Å². The summed E-state index contributed by atoms with van der Waals surface area (Å²) in [5.74, 6) is -0.0232.